The lowest BCUT2D eigenvalue weighted by molar-refractivity contribution is -0.135. The molecule has 0 aliphatic carbocycles. The van der Waals surface area contributed by atoms with Crippen molar-refractivity contribution in [1.82, 2.24) is 4.31 Å². The standard InChI is InChI=1S/C18H21NO4S/c1-15-7-9-17(10-8-15)24(21,22)19(18(12-20)13-23-14-18)11-16-5-3-2-4-6-16/h2-10,20H,11-14H2,1H3. The monoisotopic (exact) mass is 347 g/mol. The van der Waals surface area contributed by atoms with Crippen LogP contribution >= 0.6 is 0 Å². The van der Waals surface area contributed by atoms with Crippen LogP contribution in [-0.4, -0.2) is 43.2 Å². The van der Waals surface area contributed by atoms with Crippen molar-refractivity contribution in [2.24, 2.45) is 0 Å². The fourth-order valence-corrected chi connectivity index (χ4v) is 4.47. The first kappa shape index (κ1) is 17.1. The highest BCUT2D eigenvalue weighted by Gasteiger charge is 2.49. The molecule has 0 amide bonds. The summed E-state index contributed by atoms with van der Waals surface area (Å²) in [4.78, 5) is 0.226. The zero-order valence-corrected chi connectivity index (χ0v) is 14.4. The highest BCUT2D eigenvalue weighted by Crippen LogP contribution is 2.32. The topological polar surface area (TPSA) is 66.8 Å². The number of hydrogen-bond acceptors (Lipinski definition) is 4. The summed E-state index contributed by atoms with van der Waals surface area (Å²) in [6.07, 6.45) is 0. The second kappa shape index (κ2) is 6.64. The van der Waals surface area contributed by atoms with Gasteiger partial charge in [-0.1, -0.05) is 48.0 Å². The lowest BCUT2D eigenvalue weighted by atomic mass is 9.98. The van der Waals surface area contributed by atoms with Gasteiger partial charge in [0.1, 0.15) is 5.54 Å². The van der Waals surface area contributed by atoms with Crippen LogP contribution in [0.5, 0.6) is 0 Å². The molecule has 1 saturated heterocycles. The van der Waals surface area contributed by atoms with Crippen LogP contribution < -0.4 is 0 Å². The van der Waals surface area contributed by atoms with Crippen LogP contribution in [0.1, 0.15) is 11.1 Å². The van der Waals surface area contributed by atoms with Crippen molar-refractivity contribution in [3.8, 4) is 0 Å². The quantitative estimate of drug-likeness (QED) is 0.867. The first-order valence-corrected chi connectivity index (χ1v) is 9.24. The number of hydrogen-bond donors (Lipinski definition) is 1. The molecule has 2 aromatic carbocycles. The van der Waals surface area contributed by atoms with E-state index in [9.17, 15) is 13.5 Å². The van der Waals surface area contributed by atoms with Gasteiger partial charge in [-0.25, -0.2) is 8.42 Å². The van der Waals surface area contributed by atoms with Gasteiger partial charge in [-0.3, -0.25) is 0 Å². The second-order valence-corrected chi connectivity index (χ2v) is 8.05. The number of aliphatic hydroxyl groups excluding tert-OH is 1. The summed E-state index contributed by atoms with van der Waals surface area (Å²) in [5.41, 5.74) is 0.958. The number of nitrogens with zero attached hydrogens (tertiary/aromatic N) is 1. The maximum Gasteiger partial charge on any atom is 0.244 e. The smallest absolute Gasteiger partial charge is 0.244 e. The van der Waals surface area contributed by atoms with Gasteiger partial charge in [0.15, 0.2) is 0 Å². The first-order valence-electron chi connectivity index (χ1n) is 7.80. The molecule has 1 fully saturated rings. The number of aliphatic hydroxyl groups is 1. The lowest BCUT2D eigenvalue weighted by Crippen LogP contribution is -2.65. The van der Waals surface area contributed by atoms with Crippen molar-refractivity contribution in [2.45, 2.75) is 23.9 Å². The number of aryl methyl sites for hydroxylation is 1. The molecule has 0 bridgehead atoms. The van der Waals surface area contributed by atoms with E-state index in [-0.39, 0.29) is 31.3 Å². The maximum atomic E-state index is 13.2. The molecule has 0 spiro atoms. The van der Waals surface area contributed by atoms with Crippen LogP contribution in [0.4, 0.5) is 0 Å². The molecule has 1 heterocycles. The third kappa shape index (κ3) is 3.10. The third-order valence-electron chi connectivity index (χ3n) is 4.34. The Morgan fingerprint density at radius 3 is 2.21 bits per heavy atom. The van der Waals surface area contributed by atoms with Crippen LogP contribution in [0.2, 0.25) is 0 Å². The van der Waals surface area contributed by atoms with Gasteiger partial charge in [0.2, 0.25) is 10.0 Å². The average Bonchev–Trinajstić information content (AvgIpc) is 2.55. The van der Waals surface area contributed by atoms with E-state index in [4.69, 9.17) is 4.74 Å². The minimum absolute atomic E-state index is 0.195. The molecule has 0 radical (unpaired) electrons. The molecule has 5 nitrogen and oxygen atoms in total. The van der Waals surface area contributed by atoms with Crippen molar-refractivity contribution in [3.63, 3.8) is 0 Å². The fourth-order valence-electron chi connectivity index (χ4n) is 2.75. The Hall–Kier alpha value is -1.73. The molecule has 1 aliphatic rings. The van der Waals surface area contributed by atoms with Gasteiger partial charge in [-0.15, -0.1) is 0 Å². The largest absolute Gasteiger partial charge is 0.394 e. The van der Waals surface area contributed by atoms with Gasteiger partial charge in [-0.05, 0) is 24.6 Å². The van der Waals surface area contributed by atoms with E-state index < -0.39 is 15.6 Å². The van der Waals surface area contributed by atoms with Gasteiger partial charge in [-0.2, -0.15) is 4.31 Å². The van der Waals surface area contributed by atoms with Crippen LogP contribution in [0.3, 0.4) is 0 Å². The maximum absolute atomic E-state index is 13.2. The summed E-state index contributed by atoms with van der Waals surface area (Å²) in [6, 6.07) is 16.1. The van der Waals surface area contributed by atoms with E-state index in [1.165, 1.54) is 4.31 Å². The Morgan fingerprint density at radius 1 is 1.08 bits per heavy atom. The number of rotatable bonds is 6. The predicted molar refractivity (Wildman–Crippen MR) is 91.0 cm³/mol. The zero-order valence-electron chi connectivity index (χ0n) is 13.6. The summed E-state index contributed by atoms with van der Waals surface area (Å²) >= 11 is 0. The minimum Gasteiger partial charge on any atom is -0.394 e. The molecule has 2 aromatic rings. The predicted octanol–water partition coefficient (Wildman–Crippen LogP) is 1.95. The molecule has 1 aliphatic heterocycles. The van der Waals surface area contributed by atoms with Gasteiger partial charge in [0.25, 0.3) is 0 Å². The van der Waals surface area contributed by atoms with Gasteiger partial charge in [0, 0.05) is 6.54 Å². The highest BCUT2D eigenvalue weighted by atomic mass is 32.2. The van der Waals surface area contributed by atoms with Crippen molar-refractivity contribution in [1.29, 1.82) is 0 Å². The van der Waals surface area contributed by atoms with E-state index in [1.807, 2.05) is 37.3 Å². The van der Waals surface area contributed by atoms with Crippen LogP contribution in [0.15, 0.2) is 59.5 Å². The SMILES string of the molecule is Cc1ccc(S(=O)(=O)N(Cc2ccccc2)C2(CO)COC2)cc1. The first-order chi connectivity index (χ1) is 11.5. The number of sulfonamides is 1. The molecule has 24 heavy (non-hydrogen) atoms. The van der Waals surface area contributed by atoms with E-state index in [1.54, 1.807) is 24.3 Å². The van der Waals surface area contributed by atoms with E-state index >= 15 is 0 Å². The fraction of sp³-hybridized carbons (Fsp3) is 0.333. The van der Waals surface area contributed by atoms with Crippen LogP contribution in [-0.2, 0) is 21.3 Å². The molecular weight excluding hydrogens is 326 g/mol. The van der Waals surface area contributed by atoms with E-state index in [2.05, 4.69) is 0 Å². The number of ether oxygens (including phenoxy) is 1. The molecule has 128 valence electrons. The molecular formula is C18H21NO4S. The molecule has 1 N–H and O–H groups in total. The Bertz CT molecular complexity index is 778. The molecule has 6 heteroatoms. The van der Waals surface area contributed by atoms with Gasteiger partial charge < -0.3 is 9.84 Å². The molecule has 0 aromatic heterocycles. The summed E-state index contributed by atoms with van der Waals surface area (Å²) in [5, 5.41) is 9.85. The highest BCUT2D eigenvalue weighted by molar-refractivity contribution is 7.89. The Kier molecular flexibility index (Phi) is 4.73. The summed E-state index contributed by atoms with van der Waals surface area (Å²) < 4.78 is 33.0. The minimum atomic E-state index is -3.75. The van der Waals surface area contributed by atoms with Crippen LogP contribution in [0.25, 0.3) is 0 Å². The third-order valence-corrected chi connectivity index (χ3v) is 6.31. The van der Waals surface area contributed by atoms with Crippen molar-refractivity contribution in [3.05, 3.63) is 65.7 Å². The lowest BCUT2D eigenvalue weighted by Gasteiger charge is -2.47. The Morgan fingerprint density at radius 2 is 1.71 bits per heavy atom. The number of benzene rings is 2. The summed E-state index contributed by atoms with van der Waals surface area (Å²) in [6.45, 7) is 2.22. The Balaban J connectivity index is 2.02. The molecule has 3 rings (SSSR count). The average molecular weight is 347 g/mol. The van der Waals surface area contributed by atoms with Gasteiger partial charge in [0.05, 0.1) is 24.7 Å². The molecule has 0 saturated carbocycles. The Labute approximate surface area is 142 Å². The van der Waals surface area contributed by atoms with E-state index in [0.29, 0.717) is 0 Å². The van der Waals surface area contributed by atoms with Crippen molar-refractivity contribution < 1.29 is 18.3 Å². The summed E-state index contributed by atoms with van der Waals surface area (Å²) in [5.74, 6) is 0. The summed E-state index contributed by atoms with van der Waals surface area (Å²) in [7, 11) is -3.75. The zero-order chi connectivity index (χ0) is 17.2. The van der Waals surface area contributed by atoms with E-state index in [0.717, 1.165) is 11.1 Å². The normalized spacial score (nSPS) is 16.8. The van der Waals surface area contributed by atoms with Crippen molar-refractivity contribution in [2.75, 3.05) is 19.8 Å². The molecule has 0 atom stereocenters. The second-order valence-electron chi connectivity index (χ2n) is 6.19. The van der Waals surface area contributed by atoms with Crippen molar-refractivity contribution >= 4 is 10.0 Å². The van der Waals surface area contributed by atoms with Gasteiger partial charge >= 0.3 is 0 Å². The van der Waals surface area contributed by atoms with Crippen LogP contribution in [0, 0.1) is 6.92 Å². The molecule has 0 unspecified atom stereocenters.